The quantitative estimate of drug-likeness (QED) is 0.716. The Kier molecular flexibility index (Phi) is 2.98. The first-order valence-corrected chi connectivity index (χ1v) is 5.88. The van der Waals surface area contributed by atoms with Crippen LogP contribution < -0.4 is 5.73 Å². The molecule has 4 heteroatoms. The van der Waals surface area contributed by atoms with Crippen molar-refractivity contribution in [3.8, 4) is 0 Å². The summed E-state index contributed by atoms with van der Waals surface area (Å²) in [5.74, 6) is 0.288. The molecular weight excluding hydrogens is 190 g/mol. The van der Waals surface area contributed by atoms with Crippen molar-refractivity contribution in [3.63, 3.8) is 0 Å². The normalized spacial score (nSPS) is 30.7. The molecule has 1 saturated heterocycles. The molecule has 0 bridgehead atoms. The Morgan fingerprint density at radius 1 is 1.53 bits per heavy atom. The molecule has 2 atom stereocenters. The lowest BCUT2D eigenvalue weighted by Crippen LogP contribution is -2.59. The van der Waals surface area contributed by atoms with Crippen molar-refractivity contribution in [1.29, 1.82) is 0 Å². The summed E-state index contributed by atoms with van der Waals surface area (Å²) in [5.41, 5.74) is 5.65. The lowest BCUT2D eigenvalue weighted by molar-refractivity contribution is -0.140. The Morgan fingerprint density at radius 3 is 2.73 bits per heavy atom. The van der Waals surface area contributed by atoms with Gasteiger partial charge in [-0.25, -0.2) is 0 Å². The minimum Gasteiger partial charge on any atom is -0.337 e. The Bertz CT molecular complexity index is 252. The molecule has 1 heterocycles. The molecule has 15 heavy (non-hydrogen) atoms. The third-order valence-corrected chi connectivity index (χ3v) is 3.56. The molecule has 2 unspecified atom stereocenters. The largest absolute Gasteiger partial charge is 0.337 e. The fraction of sp³-hybridized carbons (Fsp3) is 0.909. The van der Waals surface area contributed by atoms with Crippen LogP contribution in [-0.2, 0) is 4.79 Å². The van der Waals surface area contributed by atoms with E-state index in [0.29, 0.717) is 31.2 Å². The first-order chi connectivity index (χ1) is 7.13. The summed E-state index contributed by atoms with van der Waals surface area (Å²) < 4.78 is 0. The van der Waals surface area contributed by atoms with Gasteiger partial charge in [-0.1, -0.05) is 0 Å². The minimum absolute atomic E-state index is 0.288. The SMILES string of the molecule is CC(CN)N1CC(=O)N(C2CC2)CC1C. The summed E-state index contributed by atoms with van der Waals surface area (Å²) in [7, 11) is 0. The standard InChI is InChI=1S/C11H21N3O/c1-8(5-12)13-7-11(15)14(6-9(13)2)10-3-4-10/h8-10H,3-7,12H2,1-2H3. The number of hydrogen-bond acceptors (Lipinski definition) is 3. The fourth-order valence-corrected chi connectivity index (χ4v) is 2.36. The van der Waals surface area contributed by atoms with Gasteiger partial charge >= 0.3 is 0 Å². The van der Waals surface area contributed by atoms with Crippen LogP contribution in [0.2, 0.25) is 0 Å². The molecule has 2 rings (SSSR count). The van der Waals surface area contributed by atoms with Crippen LogP contribution in [-0.4, -0.2) is 53.5 Å². The van der Waals surface area contributed by atoms with E-state index in [4.69, 9.17) is 5.73 Å². The summed E-state index contributed by atoms with van der Waals surface area (Å²) in [6, 6.07) is 1.31. The smallest absolute Gasteiger partial charge is 0.237 e. The van der Waals surface area contributed by atoms with Crippen molar-refractivity contribution >= 4 is 5.91 Å². The molecule has 2 fully saturated rings. The number of amides is 1. The molecule has 0 aromatic rings. The van der Waals surface area contributed by atoms with Crippen molar-refractivity contribution < 1.29 is 4.79 Å². The molecule has 2 N–H and O–H groups in total. The summed E-state index contributed by atoms with van der Waals surface area (Å²) in [5, 5.41) is 0. The Hall–Kier alpha value is -0.610. The molecule has 1 aliphatic heterocycles. The van der Waals surface area contributed by atoms with E-state index in [1.807, 2.05) is 0 Å². The van der Waals surface area contributed by atoms with E-state index in [2.05, 4.69) is 23.6 Å². The molecule has 0 radical (unpaired) electrons. The second kappa shape index (κ2) is 4.10. The Balaban J connectivity index is 1.99. The molecule has 1 saturated carbocycles. The zero-order valence-corrected chi connectivity index (χ0v) is 9.65. The van der Waals surface area contributed by atoms with Crippen LogP contribution in [0.3, 0.4) is 0 Å². The third-order valence-electron chi connectivity index (χ3n) is 3.56. The minimum atomic E-state index is 0.288. The average molecular weight is 211 g/mol. The van der Waals surface area contributed by atoms with Gasteiger partial charge in [-0.3, -0.25) is 9.69 Å². The summed E-state index contributed by atoms with van der Waals surface area (Å²) in [6.45, 7) is 6.34. The number of rotatable bonds is 3. The molecule has 86 valence electrons. The van der Waals surface area contributed by atoms with E-state index in [0.717, 1.165) is 6.54 Å². The van der Waals surface area contributed by atoms with Gasteiger partial charge in [0.2, 0.25) is 5.91 Å². The van der Waals surface area contributed by atoms with Crippen molar-refractivity contribution in [2.75, 3.05) is 19.6 Å². The van der Waals surface area contributed by atoms with E-state index >= 15 is 0 Å². The predicted octanol–water partition coefficient (Wildman–Crippen LogP) is 0.0287. The van der Waals surface area contributed by atoms with Gasteiger partial charge in [0, 0.05) is 31.2 Å². The van der Waals surface area contributed by atoms with Gasteiger partial charge in [0.05, 0.1) is 6.54 Å². The molecule has 1 amide bonds. The zero-order valence-electron chi connectivity index (χ0n) is 9.65. The van der Waals surface area contributed by atoms with Gasteiger partial charge in [0.25, 0.3) is 0 Å². The number of carbonyl (C=O) groups excluding carboxylic acids is 1. The Labute approximate surface area is 91.4 Å². The lowest BCUT2D eigenvalue weighted by Gasteiger charge is -2.42. The Morgan fingerprint density at radius 2 is 2.20 bits per heavy atom. The van der Waals surface area contributed by atoms with E-state index in [-0.39, 0.29) is 5.91 Å². The average Bonchev–Trinajstić information content (AvgIpc) is 3.03. The highest BCUT2D eigenvalue weighted by molar-refractivity contribution is 5.79. The van der Waals surface area contributed by atoms with Gasteiger partial charge in [-0.15, -0.1) is 0 Å². The van der Waals surface area contributed by atoms with E-state index < -0.39 is 0 Å². The molecule has 4 nitrogen and oxygen atoms in total. The molecule has 1 aliphatic carbocycles. The first kappa shape index (κ1) is 10.9. The van der Waals surface area contributed by atoms with E-state index in [9.17, 15) is 4.79 Å². The molecule has 0 aromatic carbocycles. The van der Waals surface area contributed by atoms with Crippen molar-refractivity contribution in [2.45, 2.75) is 44.8 Å². The highest BCUT2D eigenvalue weighted by atomic mass is 16.2. The van der Waals surface area contributed by atoms with Gasteiger partial charge in [0.1, 0.15) is 0 Å². The number of nitrogens with two attached hydrogens (primary N) is 1. The topological polar surface area (TPSA) is 49.6 Å². The van der Waals surface area contributed by atoms with Crippen molar-refractivity contribution in [1.82, 2.24) is 9.80 Å². The maximum absolute atomic E-state index is 11.9. The van der Waals surface area contributed by atoms with Crippen LogP contribution in [0.25, 0.3) is 0 Å². The number of hydrogen-bond donors (Lipinski definition) is 1. The predicted molar refractivity (Wildman–Crippen MR) is 59.4 cm³/mol. The van der Waals surface area contributed by atoms with Crippen molar-refractivity contribution in [2.24, 2.45) is 5.73 Å². The zero-order chi connectivity index (χ0) is 11.0. The van der Waals surface area contributed by atoms with Crippen LogP contribution in [0.5, 0.6) is 0 Å². The van der Waals surface area contributed by atoms with Gasteiger partial charge in [-0.2, -0.15) is 0 Å². The summed E-state index contributed by atoms with van der Waals surface area (Å²) >= 11 is 0. The monoisotopic (exact) mass is 211 g/mol. The fourth-order valence-electron chi connectivity index (χ4n) is 2.36. The first-order valence-electron chi connectivity index (χ1n) is 5.88. The molecule has 0 aromatic heterocycles. The van der Waals surface area contributed by atoms with Gasteiger partial charge < -0.3 is 10.6 Å². The molecular formula is C11H21N3O. The number of piperazine rings is 1. The van der Waals surface area contributed by atoms with E-state index in [1.54, 1.807) is 0 Å². The second-order valence-electron chi connectivity index (χ2n) is 4.88. The second-order valence-corrected chi connectivity index (χ2v) is 4.88. The van der Waals surface area contributed by atoms with Crippen molar-refractivity contribution in [3.05, 3.63) is 0 Å². The maximum Gasteiger partial charge on any atom is 0.237 e. The highest BCUT2D eigenvalue weighted by Gasteiger charge is 2.39. The molecule has 0 spiro atoms. The number of carbonyl (C=O) groups is 1. The van der Waals surface area contributed by atoms with Crippen LogP contribution in [0.1, 0.15) is 26.7 Å². The van der Waals surface area contributed by atoms with Crippen LogP contribution >= 0.6 is 0 Å². The highest BCUT2D eigenvalue weighted by Crippen LogP contribution is 2.29. The molecule has 2 aliphatic rings. The summed E-state index contributed by atoms with van der Waals surface area (Å²) in [6.07, 6.45) is 2.40. The van der Waals surface area contributed by atoms with E-state index in [1.165, 1.54) is 12.8 Å². The van der Waals surface area contributed by atoms with Crippen LogP contribution in [0, 0.1) is 0 Å². The summed E-state index contributed by atoms with van der Waals surface area (Å²) in [4.78, 5) is 16.2. The maximum atomic E-state index is 11.9. The van der Waals surface area contributed by atoms with Crippen LogP contribution in [0.4, 0.5) is 0 Å². The lowest BCUT2D eigenvalue weighted by atomic mass is 10.1. The van der Waals surface area contributed by atoms with Gasteiger partial charge in [0.15, 0.2) is 0 Å². The van der Waals surface area contributed by atoms with Crippen LogP contribution in [0.15, 0.2) is 0 Å². The van der Waals surface area contributed by atoms with Gasteiger partial charge in [-0.05, 0) is 26.7 Å². The number of nitrogens with zero attached hydrogens (tertiary/aromatic N) is 2. The third kappa shape index (κ3) is 2.16.